The summed E-state index contributed by atoms with van der Waals surface area (Å²) in [6.45, 7) is 5.48. The molecule has 1 amide bonds. The first-order valence-corrected chi connectivity index (χ1v) is 6.18. The summed E-state index contributed by atoms with van der Waals surface area (Å²) < 4.78 is 0. The summed E-state index contributed by atoms with van der Waals surface area (Å²) in [6.07, 6.45) is 2.37. The van der Waals surface area contributed by atoms with E-state index in [1.54, 1.807) is 11.8 Å². The number of carbonyl (C=O) groups excluding carboxylic acids is 1. The van der Waals surface area contributed by atoms with E-state index in [0.29, 0.717) is 13.0 Å². The fraction of sp³-hybridized carbons (Fsp3) is 0.917. The van der Waals surface area contributed by atoms with Gasteiger partial charge in [0.15, 0.2) is 0 Å². The molecule has 1 aliphatic heterocycles. The molecule has 3 unspecified atom stereocenters. The molecule has 1 saturated heterocycles. The Balaban J connectivity index is 2.42. The SMILES string of the molecule is CC(O)CCN(C)C(=O)C1CCCNC1C. The van der Waals surface area contributed by atoms with Crippen molar-refractivity contribution in [2.24, 2.45) is 5.92 Å². The summed E-state index contributed by atoms with van der Waals surface area (Å²) in [5.41, 5.74) is 0. The molecule has 0 aromatic rings. The number of amides is 1. The third-order valence-electron chi connectivity index (χ3n) is 3.34. The Bertz CT molecular complexity index is 231. The smallest absolute Gasteiger partial charge is 0.226 e. The summed E-state index contributed by atoms with van der Waals surface area (Å²) in [5, 5.41) is 12.5. The van der Waals surface area contributed by atoms with Crippen LogP contribution in [0.25, 0.3) is 0 Å². The van der Waals surface area contributed by atoms with Gasteiger partial charge in [-0.3, -0.25) is 4.79 Å². The lowest BCUT2D eigenvalue weighted by molar-refractivity contribution is -0.136. The van der Waals surface area contributed by atoms with Gasteiger partial charge >= 0.3 is 0 Å². The van der Waals surface area contributed by atoms with E-state index in [1.807, 2.05) is 7.05 Å². The summed E-state index contributed by atoms with van der Waals surface area (Å²) in [5.74, 6) is 0.313. The van der Waals surface area contributed by atoms with Crippen molar-refractivity contribution in [1.82, 2.24) is 10.2 Å². The molecule has 1 heterocycles. The first-order chi connectivity index (χ1) is 7.52. The van der Waals surface area contributed by atoms with Crippen LogP contribution in [0.1, 0.15) is 33.1 Å². The van der Waals surface area contributed by atoms with Crippen molar-refractivity contribution in [3.8, 4) is 0 Å². The van der Waals surface area contributed by atoms with Crippen molar-refractivity contribution in [1.29, 1.82) is 0 Å². The van der Waals surface area contributed by atoms with Gasteiger partial charge in [0.05, 0.1) is 12.0 Å². The zero-order chi connectivity index (χ0) is 12.1. The highest BCUT2D eigenvalue weighted by Crippen LogP contribution is 2.18. The Morgan fingerprint density at radius 1 is 1.62 bits per heavy atom. The maximum Gasteiger partial charge on any atom is 0.226 e. The molecule has 1 rings (SSSR count). The molecule has 16 heavy (non-hydrogen) atoms. The minimum atomic E-state index is -0.336. The fourth-order valence-electron chi connectivity index (χ4n) is 2.16. The number of hydrogen-bond donors (Lipinski definition) is 2. The molecule has 0 saturated carbocycles. The minimum Gasteiger partial charge on any atom is -0.393 e. The van der Waals surface area contributed by atoms with Crippen molar-refractivity contribution < 1.29 is 9.90 Å². The number of hydrogen-bond acceptors (Lipinski definition) is 3. The van der Waals surface area contributed by atoms with Gasteiger partial charge in [-0.1, -0.05) is 0 Å². The lowest BCUT2D eigenvalue weighted by Crippen LogP contribution is -2.47. The maximum atomic E-state index is 12.1. The summed E-state index contributed by atoms with van der Waals surface area (Å²) in [6, 6.07) is 0.273. The Kier molecular flexibility index (Phi) is 5.22. The lowest BCUT2D eigenvalue weighted by atomic mass is 9.91. The van der Waals surface area contributed by atoms with E-state index >= 15 is 0 Å². The second-order valence-electron chi connectivity index (χ2n) is 4.89. The zero-order valence-electron chi connectivity index (χ0n) is 10.6. The number of piperidine rings is 1. The Morgan fingerprint density at radius 3 is 2.88 bits per heavy atom. The highest BCUT2D eigenvalue weighted by molar-refractivity contribution is 5.79. The van der Waals surface area contributed by atoms with Crippen molar-refractivity contribution in [2.75, 3.05) is 20.1 Å². The number of aliphatic hydroxyl groups excluding tert-OH is 1. The lowest BCUT2D eigenvalue weighted by Gasteiger charge is -2.32. The maximum absolute atomic E-state index is 12.1. The van der Waals surface area contributed by atoms with Crippen LogP contribution in [0.15, 0.2) is 0 Å². The summed E-state index contributed by atoms with van der Waals surface area (Å²) in [7, 11) is 1.83. The second kappa shape index (κ2) is 6.21. The minimum absolute atomic E-state index is 0.104. The Labute approximate surface area is 98.0 Å². The van der Waals surface area contributed by atoms with Crippen molar-refractivity contribution in [2.45, 2.75) is 45.3 Å². The van der Waals surface area contributed by atoms with Crippen LogP contribution in [0.3, 0.4) is 0 Å². The van der Waals surface area contributed by atoms with E-state index < -0.39 is 0 Å². The molecule has 0 bridgehead atoms. The third kappa shape index (κ3) is 3.76. The van der Waals surface area contributed by atoms with Crippen LogP contribution in [-0.2, 0) is 4.79 Å². The quantitative estimate of drug-likeness (QED) is 0.741. The van der Waals surface area contributed by atoms with Crippen molar-refractivity contribution >= 4 is 5.91 Å². The van der Waals surface area contributed by atoms with Crippen molar-refractivity contribution in [3.63, 3.8) is 0 Å². The monoisotopic (exact) mass is 228 g/mol. The van der Waals surface area contributed by atoms with Gasteiger partial charge in [-0.25, -0.2) is 0 Å². The van der Waals surface area contributed by atoms with E-state index in [1.165, 1.54) is 0 Å². The van der Waals surface area contributed by atoms with E-state index in [9.17, 15) is 9.90 Å². The van der Waals surface area contributed by atoms with Crippen molar-refractivity contribution in [3.05, 3.63) is 0 Å². The van der Waals surface area contributed by atoms with Gasteiger partial charge < -0.3 is 15.3 Å². The van der Waals surface area contributed by atoms with Crippen LogP contribution in [-0.4, -0.2) is 48.2 Å². The second-order valence-corrected chi connectivity index (χ2v) is 4.89. The molecule has 0 aromatic carbocycles. The number of rotatable bonds is 4. The van der Waals surface area contributed by atoms with E-state index in [-0.39, 0.29) is 24.0 Å². The molecule has 3 atom stereocenters. The van der Waals surface area contributed by atoms with Gasteiger partial charge in [0.1, 0.15) is 0 Å². The van der Waals surface area contributed by atoms with Crippen LogP contribution in [0.4, 0.5) is 0 Å². The number of carbonyl (C=O) groups is 1. The third-order valence-corrected chi connectivity index (χ3v) is 3.34. The molecular weight excluding hydrogens is 204 g/mol. The molecule has 0 aromatic heterocycles. The molecule has 1 fully saturated rings. The van der Waals surface area contributed by atoms with Crippen LogP contribution in [0.5, 0.6) is 0 Å². The normalized spacial score (nSPS) is 27.5. The van der Waals surface area contributed by atoms with Gasteiger partial charge in [-0.15, -0.1) is 0 Å². The van der Waals surface area contributed by atoms with Gasteiger partial charge in [-0.05, 0) is 39.7 Å². The average molecular weight is 228 g/mol. The molecular formula is C12H24N2O2. The molecule has 1 aliphatic rings. The molecule has 0 aliphatic carbocycles. The molecule has 4 heteroatoms. The molecule has 4 nitrogen and oxygen atoms in total. The zero-order valence-corrected chi connectivity index (χ0v) is 10.6. The van der Waals surface area contributed by atoms with Crippen LogP contribution in [0, 0.1) is 5.92 Å². The number of aliphatic hydroxyl groups is 1. The molecule has 0 radical (unpaired) electrons. The first-order valence-electron chi connectivity index (χ1n) is 6.18. The first kappa shape index (κ1) is 13.5. The van der Waals surface area contributed by atoms with Crippen LogP contribution in [0.2, 0.25) is 0 Å². The van der Waals surface area contributed by atoms with Gasteiger partial charge in [0.2, 0.25) is 5.91 Å². The topological polar surface area (TPSA) is 52.6 Å². The number of nitrogens with one attached hydrogen (secondary N) is 1. The average Bonchev–Trinajstić information content (AvgIpc) is 2.25. The largest absolute Gasteiger partial charge is 0.393 e. The van der Waals surface area contributed by atoms with Crippen LogP contribution >= 0.6 is 0 Å². The molecule has 2 N–H and O–H groups in total. The number of nitrogens with zero attached hydrogens (tertiary/aromatic N) is 1. The Morgan fingerprint density at radius 2 is 2.31 bits per heavy atom. The predicted octanol–water partition coefficient (Wildman–Crippen LogP) is 0.604. The van der Waals surface area contributed by atoms with E-state index in [2.05, 4.69) is 12.2 Å². The molecule has 0 spiro atoms. The van der Waals surface area contributed by atoms with Gasteiger partial charge in [0, 0.05) is 19.6 Å². The van der Waals surface area contributed by atoms with Gasteiger partial charge in [-0.2, -0.15) is 0 Å². The summed E-state index contributed by atoms with van der Waals surface area (Å²) >= 11 is 0. The van der Waals surface area contributed by atoms with E-state index in [4.69, 9.17) is 0 Å². The summed E-state index contributed by atoms with van der Waals surface area (Å²) in [4.78, 5) is 13.9. The highest BCUT2D eigenvalue weighted by Gasteiger charge is 2.29. The molecule has 94 valence electrons. The Hall–Kier alpha value is -0.610. The van der Waals surface area contributed by atoms with E-state index in [0.717, 1.165) is 19.4 Å². The predicted molar refractivity (Wildman–Crippen MR) is 64.1 cm³/mol. The van der Waals surface area contributed by atoms with Gasteiger partial charge in [0.25, 0.3) is 0 Å². The fourth-order valence-corrected chi connectivity index (χ4v) is 2.16. The highest BCUT2D eigenvalue weighted by atomic mass is 16.3. The van der Waals surface area contributed by atoms with Crippen LogP contribution < -0.4 is 5.32 Å². The standard InChI is InChI=1S/C12H24N2O2/c1-9(15)6-8-14(3)12(16)11-5-4-7-13-10(11)2/h9-11,13,15H,4-8H2,1-3H3.